The molecule has 0 atom stereocenters. The van der Waals surface area contributed by atoms with Crippen LogP contribution in [0, 0.1) is 12.7 Å². The first kappa shape index (κ1) is 15.5. The third-order valence-corrected chi connectivity index (χ3v) is 4.31. The molecule has 0 aliphatic heterocycles. The number of halogens is 1. The zero-order chi connectivity index (χ0) is 15.2. The second-order valence-corrected chi connectivity index (χ2v) is 5.99. The lowest BCUT2D eigenvalue weighted by molar-refractivity contribution is 0.207. The van der Waals surface area contributed by atoms with Gasteiger partial charge in [0.2, 0.25) is 0 Å². The summed E-state index contributed by atoms with van der Waals surface area (Å²) in [6.07, 6.45) is 0.692. The number of urea groups is 1. The maximum atomic E-state index is 12.8. The van der Waals surface area contributed by atoms with Gasteiger partial charge in [0.15, 0.2) is 0 Å². The Morgan fingerprint density at radius 1 is 1.29 bits per heavy atom. The number of nitrogens with zero attached hydrogens (tertiary/aromatic N) is 1. The van der Waals surface area contributed by atoms with E-state index in [9.17, 15) is 9.18 Å². The first-order valence-corrected chi connectivity index (χ1v) is 7.70. The Balaban J connectivity index is 1.76. The summed E-state index contributed by atoms with van der Waals surface area (Å²) in [7, 11) is 1.78. The summed E-state index contributed by atoms with van der Waals surface area (Å²) in [6, 6.07) is 8.30. The van der Waals surface area contributed by atoms with Crippen LogP contribution >= 0.6 is 11.3 Å². The summed E-state index contributed by atoms with van der Waals surface area (Å²) in [6.45, 7) is 3.20. The highest BCUT2D eigenvalue weighted by Gasteiger charge is 2.10. The Bertz CT molecular complexity index is 595. The maximum absolute atomic E-state index is 12.8. The van der Waals surface area contributed by atoms with Crippen LogP contribution in [0.15, 0.2) is 35.7 Å². The Morgan fingerprint density at radius 3 is 2.62 bits per heavy atom. The number of carbonyl (C=O) groups excluding carboxylic acids is 1. The fraction of sp³-hybridized carbons (Fsp3) is 0.312. The van der Waals surface area contributed by atoms with Gasteiger partial charge in [-0.05, 0) is 48.1 Å². The largest absolute Gasteiger partial charge is 0.338 e. The van der Waals surface area contributed by atoms with Crippen LogP contribution in [0.25, 0.3) is 0 Å². The molecule has 0 spiro atoms. The van der Waals surface area contributed by atoms with E-state index < -0.39 is 0 Å². The molecular formula is C16H19FN2OS. The third-order valence-electron chi connectivity index (χ3n) is 3.30. The molecule has 0 saturated heterocycles. The lowest BCUT2D eigenvalue weighted by Crippen LogP contribution is -2.37. The van der Waals surface area contributed by atoms with Crippen LogP contribution in [0.2, 0.25) is 0 Å². The number of nitrogens with one attached hydrogen (secondary N) is 1. The van der Waals surface area contributed by atoms with Crippen LogP contribution in [-0.4, -0.2) is 24.5 Å². The van der Waals surface area contributed by atoms with E-state index >= 15 is 0 Å². The van der Waals surface area contributed by atoms with E-state index in [4.69, 9.17) is 0 Å². The van der Waals surface area contributed by atoms with Crippen molar-refractivity contribution in [1.82, 2.24) is 10.2 Å². The number of rotatable bonds is 5. The van der Waals surface area contributed by atoms with Crippen molar-refractivity contribution in [3.63, 3.8) is 0 Å². The van der Waals surface area contributed by atoms with E-state index in [1.165, 1.54) is 22.6 Å². The lowest BCUT2D eigenvalue weighted by Gasteiger charge is -2.17. The topological polar surface area (TPSA) is 32.3 Å². The fourth-order valence-electron chi connectivity index (χ4n) is 1.95. The quantitative estimate of drug-likeness (QED) is 0.899. The minimum Gasteiger partial charge on any atom is -0.338 e. The van der Waals surface area contributed by atoms with Gasteiger partial charge in [0.25, 0.3) is 0 Å². The zero-order valence-electron chi connectivity index (χ0n) is 12.2. The zero-order valence-corrected chi connectivity index (χ0v) is 13.0. The first-order chi connectivity index (χ1) is 10.1. The molecule has 1 heterocycles. The van der Waals surface area contributed by atoms with E-state index in [-0.39, 0.29) is 11.8 Å². The molecule has 0 bridgehead atoms. The van der Waals surface area contributed by atoms with E-state index in [1.807, 2.05) is 12.3 Å². The second-order valence-electron chi connectivity index (χ2n) is 4.99. The highest BCUT2D eigenvalue weighted by molar-refractivity contribution is 7.10. The van der Waals surface area contributed by atoms with Gasteiger partial charge in [-0.1, -0.05) is 12.1 Å². The maximum Gasteiger partial charge on any atom is 0.317 e. The second kappa shape index (κ2) is 7.22. The van der Waals surface area contributed by atoms with Gasteiger partial charge in [0.1, 0.15) is 5.82 Å². The number of hydrogen-bond acceptors (Lipinski definition) is 2. The van der Waals surface area contributed by atoms with Crippen LogP contribution in [0.3, 0.4) is 0 Å². The van der Waals surface area contributed by atoms with Crippen molar-refractivity contribution in [3.8, 4) is 0 Å². The smallest absolute Gasteiger partial charge is 0.317 e. The molecule has 1 aromatic carbocycles. The molecule has 0 radical (unpaired) electrons. The first-order valence-electron chi connectivity index (χ1n) is 6.82. The van der Waals surface area contributed by atoms with Crippen molar-refractivity contribution in [3.05, 3.63) is 57.5 Å². The normalized spacial score (nSPS) is 10.4. The monoisotopic (exact) mass is 306 g/mol. The van der Waals surface area contributed by atoms with Crippen LogP contribution in [0.5, 0.6) is 0 Å². The van der Waals surface area contributed by atoms with Gasteiger partial charge >= 0.3 is 6.03 Å². The Hall–Kier alpha value is -1.88. The standard InChI is InChI=1S/C16H19FN2OS/c1-12-8-10-21-15(12)11-19(2)16(20)18-9-7-13-3-5-14(17)6-4-13/h3-6,8,10H,7,9,11H2,1-2H3,(H,18,20). The summed E-state index contributed by atoms with van der Waals surface area (Å²) in [4.78, 5) is 14.9. The highest BCUT2D eigenvalue weighted by atomic mass is 32.1. The Kier molecular flexibility index (Phi) is 5.33. The fourth-order valence-corrected chi connectivity index (χ4v) is 2.91. The molecule has 3 nitrogen and oxygen atoms in total. The van der Waals surface area contributed by atoms with Gasteiger partial charge in [-0.25, -0.2) is 9.18 Å². The van der Waals surface area contributed by atoms with Crippen molar-refractivity contribution < 1.29 is 9.18 Å². The molecule has 1 N–H and O–H groups in total. The molecule has 0 aliphatic rings. The van der Waals surface area contributed by atoms with E-state index in [2.05, 4.69) is 11.4 Å². The predicted octanol–water partition coefficient (Wildman–Crippen LogP) is 3.58. The average molecular weight is 306 g/mol. The van der Waals surface area contributed by atoms with E-state index in [0.717, 1.165) is 5.56 Å². The third kappa shape index (κ3) is 4.56. The van der Waals surface area contributed by atoms with Gasteiger partial charge in [-0.2, -0.15) is 0 Å². The molecule has 0 unspecified atom stereocenters. The lowest BCUT2D eigenvalue weighted by atomic mass is 10.1. The molecular weight excluding hydrogens is 287 g/mol. The van der Waals surface area contributed by atoms with Crippen molar-refractivity contribution >= 4 is 17.4 Å². The molecule has 1 aromatic heterocycles. The van der Waals surface area contributed by atoms with E-state index in [0.29, 0.717) is 19.5 Å². The number of benzene rings is 1. The molecule has 2 amide bonds. The SMILES string of the molecule is Cc1ccsc1CN(C)C(=O)NCCc1ccc(F)cc1. The van der Waals surface area contributed by atoms with Crippen molar-refractivity contribution in [2.24, 2.45) is 0 Å². The molecule has 0 fully saturated rings. The molecule has 2 rings (SSSR count). The van der Waals surface area contributed by atoms with Gasteiger partial charge in [0, 0.05) is 18.5 Å². The summed E-state index contributed by atoms with van der Waals surface area (Å²) >= 11 is 1.66. The minimum atomic E-state index is -0.242. The molecule has 0 saturated carbocycles. The van der Waals surface area contributed by atoms with Crippen molar-refractivity contribution in [2.75, 3.05) is 13.6 Å². The van der Waals surface area contributed by atoms with Crippen molar-refractivity contribution in [1.29, 1.82) is 0 Å². The predicted molar refractivity (Wildman–Crippen MR) is 84.0 cm³/mol. The van der Waals surface area contributed by atoms with Gasteiger partial charge < -0.3 is 10.2 Å². The summed E-state index contributed by atoms with van der Waals surface area (Å²) in [5.41, 5.74) is 2.22. The average Bonchev–Trinajstić information content (AvgIpc) is 2.86. The number of hydrogen-bond donors (Lipinski definition) is 1. The van der Waals surface area contributed by atoms with Crippen LogP contribution in [0.1, 0.15) is 16.0 Å². The van der Waals surface area contributed by atoms with Crippen LogP contribution < -0.4 is 5.32 Å². The Labute approximate surface area is 128 Å². The molecule has 5 heteroatoms. The van der Waals surface area contributed by atoms with E-state index in [1.54, 1.807) is 35.4 Å². The van der Waals surface area contributed by atoms with Crippen LogP contribution in [-0.2, 0) is 13.0 Å². The summed E-state index contributed by atoms with van der Waals surface area (Å²) in [5.74, 6) is -0.242. The van der Waals surface area contributed by atoms with Gasteiger partial charge in [0.05, 0.1) is 6.54 Å². The summed E-state index contributed by atoms with van der Waals surface area (Å²) in [5, 5.41) is 4.91. The highest BCUT2D eigenvalue weighted by Crippen LogP contribution is 2.17. The number of carbonyl (C=O) groups is 1. The van der Waals surface area contributed by atoms with Crippen LogP contribution in [0.4, 0.5) is 9.18 Å². The molecule has 112 valence electrons. The minimum absolute atomic E-state index is 0.0927. The molecule has 2 aromatic rings. The summed E-state index contributed by atoms with van der Waals surface area (Å²) < 4.78 is 12.8. The number of amides is 2. The molecule has 0 aliphatic carbocycles. The van der Waals surface area contributed by atoms with Gasteiger partial charge in [-0.3, -0.25) is 0 Å². The van der Waals surface area contributed by atoms with Crippen molar-refractivity contribution in [2.45, 2.75) is 19.9 Å². The number of thiophene rings is 1. The number of aryl methyl sites for hydroxylation is 1. The molecule has 21 heavy (non-hydrogen) atoms. The Morgan fingerprint density at radius 2 is 2.00 bits per heavy atom. The van der Waals surface area contributed by atoms with Gasteiger partial charge in [-0.15, -0.1) is 11.3 Å².